The van der Waals surface area contributed by atoms with E-state index in [0.29, 0.717) is 5.52 Å². The Morgan fingerprint density at radius 1 is 0.694 bits per heavy atom. The third kappa shape index (κ3) is 3.53. The smallest absolute Gasteiger partial charge is 0.241 e. The maximum Gasteiger partial charge on any atom is 0.241 e. The Morgan fingerprint density at radius 3 is 2.25 bits per heavy atom. The number of nitrogens with zero attached hydrogens (tertiary/aromatic N) is 4. The van der Waals surface area contributed by atoms with Crippen LogP contribution in [0.1, 0.15) is 25.2 Å². The number of aromatic nitrogens is 4. The SMILES string of the molecule is CC(C)(c1cccc(-c2cccc3ccccc23)n1)c1nn(-c2ccc(F)nc2F)c2ccccc12. The van der Waals surface area contributed by atoms with Crippen LogP contribution in [-0.4, -0.2) is 19.7 Å². The van der Waals surface area contributed by atoms with Gasteiger partial charge in [-0.1, -0.05) is 66.7 Å². The largest absolute Gasteiger partial charge is 0.252 e. The Balaban J connectivity index is 1.52. The summed E-state index contributed by atoms with van der Waals surface area (Å²) >= 11 is 0. The topological polar surface area (TPSA) is 43.6 Å². The zero-order valence-corrected chi connectivity index (χ0v) is 19.8. The molecule has 0 bridgehead atoms. The van der Waals surface area contributed by atoms with Crippen molar-refractivity contribution >= 4 is 21.7 Å². The fourth-order valence-electron chi connectivity index (χ4n) is 4.78. The Labute approximate surface area is 206 Å². The molecule has 176 valence electrons. The number of rotatable bonds is 4. The van der Waals surface area contributed by atoms with Crippen molar-refractivity contribution < 1.29 is 8.78 Å². The minimum atomic E-state index is -0.913. The van der Waals surface area contributed by atoms with E-state index in [-0.39, 0.29) is 5.69 Å². The lowest BCUT2D eigenvalue weighted by Gasteiger charge is -2.23. The van der Waals surface area contributed by atoms with Crippen LogP contribution in [0.15, 0.2) is 97.1 Å². The number of hydrogen-bond acceptors (Lipinski definition) is 3. The van der Waals surface area contributed by atoms with Gasteiger partial charge in [0, 0.05) is 10.9 Å². The molecule has 6 aromatic rings. The van der Waals surface area contributed by atoms with E-state index in [1.807, 2.05) is 60.7 Å². The van der Waals surface area contributed by atoms with Gasteiger partial charge in [0.1, 0.15) is 5.69 Å². The minimum Gasteiger partial charge on any atom is -0.252 e. The first-order chi connectivity index (χ1) is 17.4. The Morgan fingerprint density at radius 2 is 1.42 bits per heavy atom. The summed E-state index contributed by atoms with van der Waals surface area (Å²) in [6.45, 7) is 4.11. The first-order valence-corrected chi connectivity index (χ1v) is 11.7. The summed E-state index contributed by atoms with van der Waals surface area (Å²) in [6, 6.07) is 30.6. The normalized spacial score (nSPS) is 11.9. The van der Waals surface area contributed by atoms with Crippen molar-refractivity contribution in [3.8, 4) is 16.9 Å². The van der Waals surface area contributed by atoms with Crippen molar-refractivity contribution in [2.45, 2.75) is 19.3 Å². The van der Waals surface area contributed by atoms with Crippen molar-refractivity contribution in [2.75, 3.05) is 0 Å². The van der Waals surface area contributed by atoms with Crippen molar-refractivity contribution in [3.63, 3.8) is 0 Å². The molecule has 0 N–H and O–H groups in total. The maximum absolute atomic E-state index is 14.6. The minimum absolute atomic E-state index is 0.0899. The molecule has 0 aliphatic rings. The van der Waals surface area contributed by atoms with Crippen molar-refractivity contribution in [1.82, 2.24) is 19.7 Å². The van der Waals surface area contributed by atoms with Crippen molar-refractivity contribution in [3.05, 3.63) is 120 Å². The highest BCUT2D eigenvalue weighted by Crippen LogP contribution is 2.37. The number of fused-ring (bicyclic) bond motifs is 2. The van der Waals surface area contributed by atoms with Gasteiger partial charge in [-0.3, -0.25) is 4.98 Å². The predicted molar refractivity (Wildman–Crippen MR) is 138 cm³/mol. The molecule has 0 radical (unpaired) electrons. The van der Waals surface area contributed by atoms with E-state index in [4.69, 9.17) is 10.1 Å². The molecule has 4 nitrogen and oxygen atoms in total. The molecule has 0 amide bonds. The standard InChI is InChI=1S/C30H22F2N4/c1-30(2,26-16-8-14-23(33-26)21-13-7-10-19-9-3-4-11-20(19)21)28-22-12-5-6-15-24(22)36(35-28)25-17-18-27(31)34-29(25)32/h3-18H,1-2H3. The van der Waals surface area contributed by atoms with E-state index in [9.17, 15) is 8.78 Å². The lowest BCUT2D eigenvalue weighted by molar-refractivity contribution is 0.504. The summed E-state index contributed by atoms with van der Waals surface area (Å²) in [5, 5.41) is 7.98. The molecule has 3 aromatic carbocycles. The van der Waals surface area contributed by atoms with Crippen LogP contribution < -0.4 is 0 Å². The summed E-state index contributed by atoms with van der Waals surface area (Å²) in [4.78, 5) is 8.42. The van der Waals surface area contributed by atoms with Gasteiger partial charge >= 0.3 is 0 Å². The molecule has 0 aliphatic carbocycles. The van der Waals surface area contributed by atoms with E-state index < -0.39 is 17.3 Å². The molecule has 6 heteroatoms. The zero-order chi connectivity index (χ0) is 24.9. The van der Waals surface area contributed by atoms with Gasteiger partial charge < -0.3 is 0 Å². The van der Waals surface area contributed by atoms with Gasteiger partial charge in [0.25, 0.3) is 0 Å². The van der Waals surface area contributed by atoms with Crippen LogP contribution in [0.5, 0.6) is 0 Å². The lowest BCUT2D eigenvalue weighted by Crippen LogP contribution is -2.22. The van der Waals surface area contributed by atoms with Gasteiger partial charge in [-0.05, 0) is 55.0 Å². The molecule has 0 aliphatic heterocycles. The highest BCUT2D eigenvalue weighted by atomic mass is 19.1. The molecule has 0 saturated heterocycles. The number of benzene rings is 3. The average Bonchev–Trinajstić information content (AvgIpc) is 3.29. The van der Waals surface area contributed by atoms with Crippen LogP contribution in [0.2, 0.25) is 0 Å². The monoisotopic (exact) mass is 476 g/mol. The van der Waals surface area contributed by atoms with Gasteiger partial charge in [0.2, 0.25) is 11.9 Å². The van der Waals surface area contributed by atoms with Gasteiger partial charge in [0.15, 0.2) is 0 Å². The molecule has 0 fully saturated rings. The van der Waals surface area contributed by atoms with Crippen LogP contribution in [0, 0.1) is 11.9 Å². The van der Waals surface area contributed by atoms with Crippen molar-refractivity contribution in [1.29, 1.82) is 0 Å². The summed E-state index contributed by atoms with van der Waals surface area (Å²) in [6.07, 6.45) is 0. The first-order valence-electron chi connectivity index (χ1n) is 11.7. The molecular weight excluding hydrogens is 454 g/mol. The first kappa shape index (κ1) is 22.0. The van der Waals surface area contributed by atoms with E-state index >= 15 is 0 Å². The predicted octanol–water partition coefficient (Wildman–Crippen LogP) is 7.24. The van der Waals surface area contributed by atoms with Crippen LogP contribution >= 0.6 is 0 Å². The third-order valence-electron chi connectivity index (χ3n) is 6.66. The average molecular weight is 477 g/mol. The second-order valence-electron chi connectivity index (χ2n) is 9.28. The van der Waals surface area contributed by atoms with Crippen LogP contribution in [0.3, 0.4) is 0 Å². The summed E-state index contributed by atoms with van der Waals surface area (Å²) in [5.41, 5.74) is 3.68. The van der Waals surface area contributed by atoms with Crippen LogP contribution in [0.4, 0.5) is 8.78 Å². The second kappa shape index (κ2) is 8.34. The summed E-state index contributed by atoms with van der Waals surface area (Å²) < 4.78 is 29.6. The summed E-state index contributed by atoms with van der Waals surface area (Å²) in [5.74, 6) is -1.79. The van der Waals surface area contributed by atoms with Gasteiger partial charge in [-0.15, -0.1) is 0 Å². The van der Waals surface area contributed by atoms with E-state index in [0.717, 1.165) is 44.9 Å². The Hall–Kier alpha value is -4.45. The Kier molecular flexibility index (Phi) is 5.11. The molecule has 3 heterocycles. The second-order valence-corrected chi connectivity index (χ2v) is 9.28. The number of pyridine rings is 2. The Bertz CT molecular complexity index is 1750. The van der Waals surface area contributed by atoms with Crippen molar-refractivity contribution in [2.24, 2.45) is 0 Å². The van der Waals surface area contributed by atoms with Crippen LogP contribution in [-0.2, 0) is 5.41 Å². The maximum atomic E-state index is 14.6. The summed E-state index contributed by atoms with van der Waals surface area (Å²) in [7, 11) is 0. The van der Waals surface area contributed by atoms with Crippen LogP contribution in [0.25, 0.3) is 38.6 Å². The van der Waals surface area contributed by atoms with Gasteiger partial charge in [-0.2, -0.15) is 18.9 Å². The van der Waals surface area contributed by atoms with E-state index in [2.05, 4.69) is 43.1 Å². The van der Waals surface area contributed by atoms with Gasteiger partial charge in [0.05, 0.1) is 28.0 Å². The molecule has 0 spiro atoms. The number of hydrogen-bond donors (Lipinski definition) is 0. The molecule has 0 atom stereocenters. The number of halogens is 2. The fraction of sp³-hybridized carbons (Fsp3) is 0.100. The van der Waals surface area contributed by atoms with E-state index in [1.54, 1.807) is 0 Å². The van der Waals surface area contributed by atoms with E-state index in [1.165, 1.54) is 10.7 Å². The molecule has 3 aromatic heterocycles. The molecule has 0 saturated carbocycles. The highest BCUT2D eigenvalue weighted by Gasteiger charge is 2.31. The lowest BCUT2D eigenvalue weighted by atomic mass is 9.83. The highest BCUT2D eigenvalue weighted by molar-refractivity contribution is 5.95. The number of para-hydroxylation sites is 1. The van der Waals surface area contributed by atoms with Gasteiger partial charge in [-0.25, -0.2) is 4.68 Å². The zero-order valence-electron chi connectivity index (χ0n) is 19.8. The molecule has 6 rings (SSSR count). The fourth-order valence-corrected chi connectivity index (χ4v) is 4.78. The molecule has 0 unspecified atom stereocenters. The third-order valence-corrected chi connectivity index (χ3v) is 6.66. The quantitative estimate of drug-likeness (QED) is 0.252. The molecule has 36 heavy (non-hydrogen) atoms. The molecular formula is C30H22F2N4.